The van der Waals surface area contributed by atoms with Gasteiger partial charge in [-0.15, -0.1) is 0 Å². The van der Waals surface area contributed by atoms with E-state index in [2.05, 4.69) is 64.7 Å². The summed E-state index contributed by atoms with van der Waals surface area (Å²) in [5, 5.41) is 0. The number of hydrogen-bond donors (Lipinski definition) is 0. The van der Waals surface area contributed by atoms with Crippen LogP contribution in [0.5, 0.6) is 0 Å². The molecule has 10 heavy (non-hydrogen) atoms. The van der Waals surface area contributed by atoms with Crippen LogP contribution in [0.25, 0.3) is 0 Å². The molecule has 0 aromatic heterocycles. The van der Waals surface area contributed by atoms with Gasteiger partial charge in [-0.1, -0.05) is 0 Å². The fourth-order valence-electron chi connectivity index (χ4n) is 0.196. The van der Waals surface area contributed by atoms with Crippen molar-refractivity contribution in [2.45, 2.75) is 0 Å². The van der Waals surface area contributed by atoms with Crippen LogP contribution in [0.2, 0.25) is 0 Å². The standard InChI is InChI=1S/C2BO3.3HI.V/c4-1-3-2(5)6-1;;;;/h;3*1H;/q;;;;+3/p-3. The van der Waals surface area contributed by atoms with Gasteiger partial charge in [0.1, 0.15) is 0 Å². The molecule has 0 bridgehead atoms. The molecule has 0 spiro atoms. The molecule has 0 atom stereocenters. The maximum atomic E-state index is 9.61. The molecule has 1 rings (SSSR count). The third kappa shape index (κ3) is 8.08. The predicted octanol–water partition coefficient (Wildman–Crippen LogP) is 2.62. The Balaban J connectivity index is 0.000000180. The van der Waals surface area contributed by atoms with Crippen molar-refractivity contribution in [2.75, 3.05) is 0 Å². The first-order valence-electron chi connectivity index (χ1n) is 1.90. The van der Waals surface area contributed by atoms with Crippen molar-refractivity contribution < 1.29 is 19.2 Å². The van der Waals surface area contributed by atoms with Gasteiger partial charge in [0.25, 0.3) is 11.7 Å². The van der Waals surface area contributed by atoms with Crippen LogP contribution in [-0.4, -0.2) is 19.0 Å². The number of carbonyl (C=O) groups excluding carboxylic acids is 2. The normalized spacial score (nSPS) is 14.4. The quantitative estimate of drug-likeness (QED) is 0.284. The first kappa shape index (κ1) is 12.0. The number of halogens is 3. The molecule has 1 fully saturated rings. The number of carbonyl (C=O) groups is 2. The van der Waals surface area contributed by atoms with E-state index in [1.165, 1.54) is 0 Å². The molecule has 0 amide bonds. The van der Waals surface area contributed by atoms with Crippen LogP contribution in [0.15, 0.2) is 0 Å². The number of ether oxygens (including phenoxy) is 1. The zero-order valence-corrected chi connectivity index (χ0v) is 12.3. The van der Waals surface area contributed by atoms with Crippen molar-refractivity contribution in [1.29, 1.82) is 0 Å². The molecular weight excluding hydrogens is 514 g/mol. The molecule has 1 radical (unpaired) electrons. The van der Waals surface area contributed by atoms with Gasteiger partial charge >= 0.3 is 72.1 Å². The topological polar surface area (TPSA) is 43.4 Å². The molecule has 1 aliphatic rings. The van der Waals surface area contributed by atoms with E-state index in [0.29, 0.717) is 0 Å². The summed E-state index contributed by atoms with van der Waals surface area (Å²) >= 11 is 7.39. The van der Waals surface area contributed by atoms with Gasteiger partial charge in [-0.05, 0) is 0 Å². The third-order valence-electron chi connectivity index (χ3n) is 0.437. The van der Waals surface area contributed by atoms with E-state index < -0.39 is 11.7 Å². The molecule has 0 aromatic carbocycles. The SMILES string of the molecule is O=C1[B]C(=O)O1.[I][V]([I])[I]. The average molecular weight is 514 g/mol. The van der Waals surface area contributed by atoms with Crippen molar-refractivity contribution in [3.63, 3.8) is 0 Å². The Bertz CT molecular complexity index is 126. The van der Waals surface area contributed by atoms with E-state index in [0.717, 1.165) is 7.28 Å². The van der Waals surface area contributed by atoms with Crippen LogP contribution in [0.4, 0.5) is 9.59 Å². The fourth-order valence-corrected chi connectivity index (χ4v) is 0.196. The molecule has 0 aromatic rings. The first-order valence-corrected chi connectivity index (χ1v) is 15.4. The molecule has 0 aliphatic carbocycles. The van der Waals surface area contributed by atoms with Crippen LogP contribution in [-0.2, 0) is 9.66 Å². The Hall–Kier alpha value is 1.98. The Morgan fingerprint density at radius 3 is 1.40 bits per heavy atom. The molecule has 1 aliphatic heterocycles. The second-order valence-electron chi connectivity index (χ2n) is 1.08. The summed E-state index contributed by atoms with van der Waals surface area (Å²) in [6, 6.07) is 0. The van der Waals surface area contributed by atoms with Gasteiger partial charge < -0.3 is 4.74 Å². The Kier molecular flexibility index (Phi) is 7.78. The zero-order chi connectivity index (χ0) is 8.15. The van der Waals surface area contributed by atoms with E-state index in [4.69, 9.17) is 0 Å². The van der Waals surface area contributed by atoms with Gasteiger partial charge in [0, 0.05) is 0 Å². The minimum absolute atomic E-state index is 0.278. The average Bonchev–Trinajstić information content (AvgIpc) is 1.60. The van der Waals surface area contributed by atoms with Crippen LogP contribution in [0.3, 0.4) is 0 Å². The van der Waals surface area contributed by atoms with Crippen LogP contribution < -0.4 is 0 Å². The Labute approximate surface area is 96.3 Å². The molecule has 0 N–H and O–H groups in total. The summed E-state index contributed by atoms with van der Waals surface area (Å²) in [4.78, 5) is 18.9. The minimum atomic E-state index is -0.542. The Morgan fingerprint density at radius 2 is 1.40 bits per heavy atom. The fraction of sp³-hybridized carbons (Fsp3) is 0. The molecule has 3 nitrogen and oxygen atoms in total. The predicted molar refractivity (Wildman–Crippen MR) is 59.7 cm³/mol. The summed E-state index contributed by atoms with van der Waals surface area (Å²) in [6.45, 7) is 0. The second-order valence-corrected chi connectivity index (χ2v) is 36.4. The van der Waals surface area contributed by atoms with Gasteiger partial charge in [0.15, 0.2) is 0 Å². The molecule has 1 saturated heterocycles. The van der Waals surface area contributed by atoms with Gasteiger partial charge in [-0.25, -0.2) is 0 Å². The summed E-state index contributed by atoms with van der Waals surface area (Å²) in [5.41, 5.74) is 0. The van der Waals surface area contributed by atoms with Crippen LogP contribution in [0, 0.1) is 0 Å². The van der Waals surface area contributed by atoms with Gasteiger partial charge in [0.05, 0.1) is 0 Å². The monoisotopic (exact) mass is 515 g/mol. The summed E-state index contributed by atoms with van der Waals surface area (Å²) < 4.78 is 3.81. The van der Waals surface area contributed by atoms with Crippen molar-refractivity contribution >= 4 is 79.0 Å². The van der Waals surface area contributed by atoms with E-state index in [1.54, 1.807) is 0 Å². The first-order chi connectivity index (χ1) is 4.52. The molecule has 0 unspecified atom stereocenters. The summed E-state index contributed by atoms with van der Waals surface area (Å²) in [7, 11) is 0.889. The number of hydrogen-bond acceptors (Lipinski definition) is 3. The van der Waals surface area contributed by atoms with Crippen molar-refractivity contribution in [1.82, 2.24) is 0 Å². The molecule has 8 heteroatoms. The molecule has 55 valence electrons. The van der Waals surface area contributed by atoms with Gasteiger partial charge in [0.2, 0.25) is 0 Å². The van der Waals surface area contributed by atoms with Crippen molar-refractivity contribution in [3.05, 3.63) is 0 Å². The zero-order valence-electron chi connectivity index (χ0n) is 4.38. The molecular formula is C2BI3O3V. The number of cyclic esters (lactones) is 2. The van der Waals surface area contributed by atoms with E-state index >= 15 is 0 Å². The van der Waals surface area contributed by atoms with Gasteiger partial charge in [-0.3, -0.25) is 9.59 Å². The van der Waals surface area contributed by atoms with E-state index in [1.807, 2.05) is 0 Å². The molecule has 0 saturated carbocycles. The molecule has 1 heterocycles. The van der Waals surface area contributed by atoms with E-state index in [9.17, 15) is 9.59 Å². The van der Waals surface area contributed by atoms with Gasteiger partial charge in [-0.2, -0.15) is 0 Å². The van der Waals surface area contributed by atoms with Crippen LogP contribution in [0.1, 0.15) is 0 Å². The summed E-state index contributed by atoms with van der Waals surface area (Å²) in [5.74, 6) is -1.08. The Morgan fingerprint density at radius 1 is 1.20 bits per heavy atom. The maximum absolute atomic E-state index is 9.61. The van der Waals surface area contributed by atoms with E-state index in [-0.39, 0.29) is 4.92 Å². The van der Waals surface area contributed by atoms with Crippen LogP contribution >= 0.6 is 59.9 Å². The van der Waals surface area contributed by atoms with Crippen molar-refractivity contribution in [2.24, 2.45) is 0 Å². The number of rotatable bonds is 0. The second kappa shape index (κ2) is 6.49. The summed E-state index contributed by atoms with van der Waals surface area (Å²) in [6.07, 6.45) is 0. The van der Waals surface area contributed by atoms with Crippen molar-refractivity contribution in [3.8, 4) is 0 Å². The third-order valence-corrected chi connectivity index (χ3v) is 0.437.